The molecule has 0 saturated heterocycles. The predicted octanol–water partition coefficient (Wildman–Crippen LogP) is 3.03. The third-order valence-electron chi connectivity index (χ3n) is 2.39. The standard InChI is InChI=1S/C13H16O3/c1-13(2,3)7-10(14)9-4-5-11-12(6-9)16-8-15-11/h4-6H,7-8H2,1-3H3. The predicted molar refractivity (Wildman–Crippen MR) is 61.0 cm³/mol. The van der Waals surface area contributed by atoms with Crippen molar-refractivity contribution in [1.82, 2.24) is 0 Å². The van der Waals surface area contributed by atoms with Gasteiger partial charge in [-0.25, -0.2) is 0 Å². The SMILES string of the molecule is CC(C)(C)CC(=O)c1ccc2c(c1)OCO2. The van der Waals surface area contributed by atoms with Gasteiger partial charge >= 0.3 is 0 Å². The Hall–Kier alpha value is -1.51. The van der Waals surface area contributed by atoms with Crippen molar-refractivity contribution in [3.8, 4) is 11.5 Å². The number of ketones is 1. The largest absolute Gasteiger partial charge is 0.454 e. The lowest BCUT2D eigenvalue weighted by molar-refractivity contribution is 0.0939. The van der Waals surface area contributed by atoms with Gasteiger partial charge in [0.15, 0.2) is 17.3 Å². The van der Waals surface area contributed by atoms with Gasteiger partial charge in [0.2, 0.25) is 6.79 Å². The molecular weight excluding hydrogens is 204 g/mol. The molecule has 0 bridgehead atoms. The summed E-state index contributed by atoms with van der Waals surface area (Å²) in [5.41, 5.74) is 0.701. The molecule has 0 spiro atoms. The fourth-order valence-electron chi connectivity index (χ4n) is 1.65. The second-order valence-corrected chi connectivity index (χ2v) is 5.23. The monoisotopic (exact) mass is 220 g/mol. The summed E-state index contributed by atoms with van der Waals surface area (Å²) < 4.78 is 10.4. The van der Waals surface area contributed by atoms with Crippen molar-refractivity contribution in [2.75, 3.05) is 6.79 Å². The summed E-state index contributed by atoms with van der Waals surface area (Å²) in [6.07, 6.45) is 0.534. The number of carbonyl (C=O) groups is 1. The Morgan fingerprint density at radius 3 is 2.62 bits per heavy atom. The molecule has 0 atom stereocenters. The maximum absolute atomic E-state index is 12.0. The number of rotatable bonds is 2. The van der Waals surface area contributed by atoms with Crippen molar-refractivity contribution in [1.29, 1.82) is 0 Å². The quantitative estimate of drug-likeness (QED) is 0.719. The first-order valence-electron chi connectivity index (χ1n) is 5.38. The lowest BCUT2D eigenvalue weighted by Gasteiger charge is -2.16. The van der Waals surface area contributed by atoms with Crippen LogP contribution >= 0.6 is 0 Å². The zero-order valence-corrected chi connectivity index (χ0v) is 9.87. The van der Waals surface area contributed by atoms with Crippen LogP contribution in [0.1, 0.15) is 37.6 Å². The molecule has 16 heavy (non-hydrogen) atoms. The molecule has 3 nitrogen and oxygen atoms in total. The van der Waals surface area contributed by atoms with Crippen LogP contribution in [0.4, 0.5) is 0 Å². The molecular formula is C13H16O3. The Balaban J connectivity index is 2.19. The molecule has 0 radical (unpaired) electrons. The van der Waals surface area contributed by atoms with E-state index in [9.17, 15) is 4.79 Å². The van der Waals surface area contributed by atoms with Crippen molar-refractivity contribution in [3.63, 3.8) is 0 Å². The van der Waals surface area contributed by atoms with E-state index in [0.29, 0.717) is 23.5 Å². The maximum Gasteiger partial charge on any atom is 0.231 e. The van der Waals surface area contributed by atoms with E-state index in [1.807, 2.05) is 0 Å². The lowest BCUT2D eigenvalue weighted by Crippen LogP contribution is -2.12. The van der Waals surface area contributed by atoms with Gasteiger partial charge < -0.3 is 9.47 Å². The molecule has 0 saturated carbocycles. The fourth-order valence-corrected chi connectivity index (χ4v) is 1.65. The number of hydrogen-bond donors (Lipinski definition) is 0. The molecule has 86 valence electrons. The van der Waals surface area contributed by atoms with E-state index in [1.165, 1.54) is 0 Å². The van der Waals surface area contributed by atoms with Crippen LogP contribution in [0.5, 0.6) is 11.5 Å². The smallest absolute Gasteiger partial charge is 0.231 e. The van der Waals surface area contributed by atoms with Gasteiger partial charge in [0.25, 0.3) is 0 Å². The first-order chi connectivity index (χ1) is 7.46. The number of Topliss-reactive ketones (excluding diaryl/α,β-unsaturated/α-hetero) is 1. The molecule has 1 aromatic carbocycles. The Labute approximate surface area is 95.4 Å². The number of fused-ring (bicyclic) bond motifs is 1. The van der Waals surface area contributed by atoms with Crippen molar-refractivity contribution in [2.24, 2.45) is 5.41 Å². The normalized spacial score (nSPS) is 13.9. The van der Waals surface area contributed by atoms with Crippen molar-refractivity contribution in [2.45, 2.75) is 27.2 Å². The van der Waals surface area contributed by atoms with Gasteiger partial charge in [0, 0.05) is 12.0 Å². The van der Waals surface area contributed by atoms with Crippen LogP contribution in [-0.4, -0.2) is 12.6 Å². The lowest BCUT2D eigenvalue weighted by atomic mass is 9.88. The zero-order valence-electron chi connectivity index (χ0n) is 9.87. The summed E-state index contributed by atoms with van der Waals surface area (Å²) in [7, 11) is 0. The molecule has 0 aliphatic carbocycles. The molecule has 1 heterocycles. The fraction of sp³-hybridized carbons (Fsp3) is 0.462. The van der Waals surface area contributed by atoms with Crippen molar-refractivity contribution in [3.05, 3.63) is 23.8 Å². The molecule has 0 fully saturated rings. The number of hydrogen-bond acceptors (Lipinski definition) is 3. The summed E-state index contributed by atoms with van der Waals surface area (Å²) in [6, 6.07) is 5.34. The molecule has 1 aromatic rings. The van der Waals surface area contributed by atoms with Crippen LogP contribution in [0.25, 0.3) is 0 Å². The summed E-state index contributed by atoms with van der Waals surface area (Å²) in [6.45, 7) is 6.40. The van der Waals surface area contributed by atoms with Crippen LogP contribution in [0.2, 0.25) is 0 Å². The van der Waals surface area contributed by atoms with Crippen LogP contribution in [0, 0.1) is 5.41 Å². The summed E-state index contributed by atoms with van der Waals surface area (Å²) in [5.74, 6) is 1.53. The maximum atomic E-state index is 12.0. The van der Waals surface area contributed by atoms with E-state index >= 15 is 0 Å². The molecule has 1 aliphatic rings. The van der Waals surface area contributed by atoms with Gasteiger partial charge in [-0.05, 0) is 23.6 Å². The Morgan fingerprint density at radius 1 is 1.25 bits per heavy atom. The second kappa shape index (κ2) is 3.81. The van der Waals surface area contributed by atoms with Crippen molar-refractivity contribution < 1.29 is 14.3 Å². The first-order valence-corrected chi connectivity index (χ1v) is 5.38. The molecule has 0 aromatic heterocycles. The van der Waals surface area contributed by atoms with E-state index in [0.717, 1.165) is 0 Å². The summed E-state index contributed by atoms with van der Waals surface area (Å²) >= 11 is 0. The highest BCUT2D eigenvalue weighted by molar-refractivity contribution is 5.97. The highest BCUT2D eigenvalue weighted by Crippen LogP contribution is 2.33. The molecule has 0 unspecified atom stereocenters. The number of ether oxygens (including phenoxy) is 2. The van der Waals surface area contributed by atoms with Gasteiger partial charge in [-0.15, -0.1) is 0 Å². The summed E-state index contributed by atoms with van der Waals surface area (Å²) in [4.78, 5) is 12.0. The van der Waals surface area contributed by atoms with Gasteiger partial charge in [-0.2, -0.15) is 0 Å². The highest BCUT2D eigenvalue weighted by Gasteiger charge is 2.20. The van der Waals surface area contributed by atoms with Gasteiger partial charge in [-0.1, -0.05) is 20.8 Å². The van der Waals surface area contributed by atoms with Crippen LogP contribution in [0.15, 0.2) is 18.2 Å². The number of carbonyl (C=O) groups excluding carboxylic acids is 1. The van der Waals surface area contributed by atoms with Crippen molar-refractivity contribution >= 4 is 5.78 Å². The molecule has 2 rings (SSSR count). The molecule has 3 heteroatoms. The second-order valence-electron chi connectivity index (χ2n) is 5.23. The third kappa shape index (κ3) is 2.35. The Bertz CT molecular complexity index is 416. The van der Waals surface area contributed by atoms with E-state index in [1.54, 1.807) is 18.2 Å². The topological polar surface area (TPSA) is 35.5 Å². The number of benzene rings is 1. The van der Waals surface area contributed by atoms with Gasteiger partial charge in [0.05, 0.1) is 0 Å². The first kappa shape index (κ1) is 11.0. The minimum Gasteiger partial charge on any atom is -0.454 e. The average molecular weight is 220 g/mol. The van der Waals surface area contributed by atoms with Crippen LogP contribution < -0.4 is 9.47 Å². The molecule has 0 N–H and O–H groups in total. The van der Waals surface area contributed by atoms with E-state index in [2.05, 4.69) is 20.8 Å². The van der Waals surface area contributed by atoms with Gasteiger partial charge in [0.1, 0.15) is 0 Å². The zero-order chi connectivity index (χ0) is 11.8. The Kier molecular flexibility index (Phi) is 2.62. The average Bonchev–Trinajstić information content (AvgIpc) is 2.61. The minimum absolute atomic E-state index is 0.00740. The minimum atomic E-state index is 0.00740. The van der Waals surface area contributed by atoms with Gasteiger partial charge in [-0.3, -0.25) is 4.79 Å². The van der Waals surface area contributed by atoms with E-state index in [-0.39, 0.29) is 18.0 Å². The highest BCUT2D eigenvalue weighted by atomic mass is 16.7. The van der Waals surface area contributed by atoms with Crippen LogP contribution in [-0.2, 0) is 0 Å². The van der Waals surface area contributed by atoms with Crippen LogP contribution in [0.3, 0.4) is 0 Å². The third-order valence-corrected chi connectivity index (χ3v) is 2.39. The molecule has 0 amide bonds. The molecule has 1 aliphatic heterocycles. The van der Waals surface area contributed by atoms with E-state index < -0.39 is 0 Å². The van der Waals surface area contributed by atoms with E-state index in [4.69, 9.17) is 9.47 Å². The Morgan fingerprint density at radius 2 is 1.94 bits per heavy atom. The summed E-state index contributed by atoms with van der Waals surface area (Å²) in [5, 5.41) is 0.